The van der Waals surface area contributed by atoms with E-state index in [1.165, 1.54) is 12.8 Å². The molecule has 0 aromatic carbocycles. The summed E-state index contributed by atoms with van der Waals surface area (Å²) < 4.78 is 7.77. The first-order chi connectivity index (χ1) is 5.75. The molecule has 64 valence electrons. The largest absolute Gasteiger partial charge is 0.489 e. The number of halogens is 2. The summed E-state index contributed by atoms with van der Waals surface area (Å²) in [5, 5.41) is 0. The molecule has 0 radical (unpaired) electrons. The maximum absolute atomic E-state index is 5.68. The van der Waals surface area contributed by atoms with E-state index in [0.29, 0.717) is 6.10 Å². The van der Waals surface area contributed by atoms with Crippen LogP contribution in [0.2, 0.25) is 0 Å². The molecular weight excluding hydrogens is 380 g/mol. The Hall–Kier alpha value is 0.410. The molecule has 0 N–H and O–H groups in total. The van der Waals surface area contributed by atoms with Crippen molar-refractivity contribution in [3.05, 3.63) is 19.5 Å². The van der Waals surface area contributed by atoms with Gasteiger partial charge in [0.25, 0.3) is 0 Å². The molecule has 0 amide bonds. The second-order valence-electron chi connectivity index (χ2n) is 2.75. The lowest BCUT2D eigenvalue weighted by Gasteiger charge is -2.05. The first-order valence-electron chi connectivity index (χ1n) is 3.73. The Morgan fingerprint density at radius 3 is 2.83 bits per heavy atom. The van der Waals surface area contributed by atoms with Gasteiger partial charge in [0.15, 0.2) is 0 Å². The third-order valence-electron chi connectivity index (χ3n) is 1.60. The molecule has 2 nitrogen and oxygen atoms in total. The summed E-state index contributed by atoms with van der Waals surface area (Å²) in [7, 11) is 0. The average molecular weight is 387 g/mol. The third-order valence-corrected chi connectivity index (χ3v) is 3.00. The van der Waals surface area contributed by atoms with Crippen LogP contribution < -0.4 is 4.74 Å². The van der Waals surface area contributed by atoms with E-state index in [-0.39, 0.29) is 0 Å². The minimum atomic E-state index is 0.469. The number of nitrogens with zero attached hydrogens (tertiary/aromatic N) is 1. The lowest BCUT2D eigenvalue weighted by Crippen LogP contribution is -1.98. The van der Waals surface area contributed by atoms with Crippen LogP contribution in [0.4, 0.5) is 0 Å². The number of pyridine rings is 1. The van der Waals surface area contributed by atoms with Crippen LogP contribution in [0.5, 0.6) is 5.75 Å². The predicted molar refractivity (Wildman–Crippen MR) is 63.3 cm³/mol. The summed E-state index contributed by atoms with van der Waals surface area (Å²) in [5.74, 6) is 0.984. The van der Waals surface area contributed by atoms with Crippen molar-refractivity contribution in [2.45, 2.75) is 18.9 Å². The van der Waals surface area contributed by atoms with Crippen LogP contribution in [0.3, 0.4) is 0 Å². The van der Waals surface area contributed by atoms with Crippen LogP contribution in [0.15, 0.2) is 12.3 Å². The second-order valence-corrected chi connectivity index (χ2v) is 5.02. The maximum atomic E-state index is 5.68. The molecule has 0 spiro atoms. The van der Waals surface area contributed by atoms with Crippen LogP contribution in [0.1, 0.15) is 12.8 Å². The lowest BCUT2D eigenvalue weighted by atomic mass is 10.4. The van der Waals surface area contributed by atoms with Gasteiger partial charge in [-0.15, -0.1) is 0 Å². The summed E-state index contributed by atoms with van der Waals surface area (Å²) in [6.07, 6.45) is 4.72. The van der Waals surface area contributed by atoms with Crippen molar-refractivity contribution < 1.29 is 4.74 Å². The van der Waals surface area contributed by atoms with Gasteiger partial charge >= 0.3 is 0 Å². The fraction of sp³-hybridized carbons (Fsp3) is 0.375. The SMILES string of the molecule is Ic1cc(OC2CC2)c(I)cn1. The lowest BCUT2D eigenvalue weighted by molar-refractivity contribution is 0.300. The molecule has 0 saturated heterocycles. The van der Waals surface area contributed by atoms with E-state index in [1.807, 2.05) is 12.3 Å². The zero-order chi connectivity index (χ0) is 8.55. The quantitative estimate of drug-likeness (QED) is 0.576. The molecule has 1 aliphatic rings. The molecule has 1 aliphatic carbocycles. The Morgan fingerprint density at radius 2 is 2.17 bits per heavy atom. The van der Waals surface area contributed by atoms with Crippen molar-refractivity contribution in [2.24, 2.45) is 0 Å². The van der Waals surface area contributed by atoms with E-state index in [1.54, 1.807) is 0 Å². The molecule has 1 fully saturated rings. The summed E-state index contributed by atoms with van der Waals surface area (Å²) in [6, 6.07) is 1.99. The van der Waals surface area contributed by atoms with Crippen molar-refractivity contribution in [3.8, 4) is 5.75 Å². The highest BCUT2D eigenvalue weighted by Crippen LogP contribution is 2.30. The Bertz CT molecular complexity index is 299. The highest BCUT2D eigenvalue weighted by molar-refractivity contribution is 14.1. The number of rotatable bonds is 2. The zero-order valence-electron chi connectivity index (χ0n) is 6.26. The van der Waals surface area contributed by atoms with Gasteiger partial charge in [-0.3, -0.25) is 0 Å². The monoisotopic (exact) mass is 387 g/mol. The van der Waals surface area contributed by atoms with Gasteiger partial charge < -0.3 is 4.74 Å². The minimum Gasteiger partial charge on any atom is -0.489 e. The second kappa shape index (κ2) is 3.65. The van der Waals surface area contributed by atoms with E-state index in [0.717, 1.165) is 13.0 Å². The van der Waals surface area contributed by atoms with Gasteiger partial charge in [-0.25, -0.2) is 4.98 Å². The highest BCUT2D eigenvalue weighted by Gasteiger charge is 2.24. The normalized spacial score (nSPS) is 16.2. The van der Waals surface area contributed by atoms with Gasteiger partial charge in [0.2, 0.25) is 0 Å². The van der Waals surface area contributed by atoms with Gasteiger partial charge in [0.1, 0.15) is 9.45 Å². The van der Waals surface area contributed by atoms with Crippen LogP contribution in [0.25, 0.3) is 0 Å². The third kappa shape index (κ3) is 2.21. The van der Waals surface area contributed by atoms with Crippen LogP contribution >= 0.6 is 45.2 Å². The number of ether oxygens (including phenoxy) is 1. The van der Waals surface area contributed by atoms with Crippen molar-refractivity contribution in [2.75, 3.05) is 0 Å². The van der Waals surface area contributed by atoms with Crippen LogP contribution in [0, 0.1) is 7.27 Å². The van der Waals surface area contributed by atoms with Gasteiger partial charge in [0.05, 0.1) is 9.67 Å². The first-order valence-corrected chi connectivity index (χ1v) is 5.89. The van der Waals surface area contributed by atoms with E-state index < -0.39 is 0 Å². The van der Waals surface area contributed by atoms with Crippen LogP contribution in [-0.4, -0.2) is 11.1 Å². The Balaban J connectivity index is 2.21. The predicted octanol–water partition coefficient (Wildman–Crippen LogP) is 2.83. The van der Waals surface area contributed by atoms with Gasteiger partial charge in [-0.2, -0.15) is 0 Å². The summed E-state index contributed by atoms with van der Waals surface area (Å²) in [6.45, 7) is 0. The topological polar surface area (TPSA) is 22.1 Å². The van der Waals surface area contributed by atoms with Crippen molar-refractivity contribution >= 4 is 45.2 Å². The summed E-state index contributed by atoms with van der Waals surface area (Å²) >= 11 is 4.44. The Kier molecular flexibility index (Phi) is 2.73. The van der Waals surface area contributed by atoms with Crippen molar-refractivity contribution in [1.82, 2.24) is 4.98 Å². The van der Waals surface area contributed by atoms with Gasteiger partial charge in [0, 0.05) is 12.3 Å². The summed E-state index contributed by atoms with van der Waals surface area (Å²) in [5.41, 5.74) is 0. The van der Waals surface area contributed by atoms with E-state index in [4.69, 9.17) is 4.74 Å². The fourth-order valence-corrected chi connectivity index (χ4v) is 1.70. The molecule has 1 heterocycles. The number of hydrogen-bond donors (Lipinski definition) is 0. The highest BCUT2D eigenvalue weighted by atomic mass is 127. The van der Waals surface area contributed by atoms with Crippen LogP contribution in [-0.2, 0) is 0 Å². The molecule has 0 atom stereocenters. The Morgan fingerprint density at radius 1 is 1.42 bits per heavy atom. The molecule has 1 aromatic heterocycles. The standard InChI is InChI=1S/C8H7I2NO/c9-6-4-11-8(10)3-7(6)12-5-1-2-5/h3-5H,1-2H2. The molecule has 2 rings (SSSR count). The fourth-order valence-electron chi connectivity index (χ4n) is 0.852. The first kappa shape index (κ1) is 8.98. The van der Waals surface area contributed by atoms with E-state index in [9.17, 15) is 0 Å². The van der Waals surface area contributed by atoms with Gasteiger partial charge in [-0.05, 0) is 58.0 Å². The molecule has 1 aromatic rings. The molecule has 4 heteroatoms. The molecule has 0 unspecified atom stereocenters. The molecular formula is C8H7I2NO. The average Bonchev–Trinajstić information content (AvgIpc) is 2.81. The smallest absolute Gasteiger partial charge is 0.137 e. The van der Waals surface area contributed by atoms with E-state index >= 15 is 0 Å². The van der Waals surface area contributed by atoms with Crippen molar-refractivity contribution in [3.63, 3.8) is 0 Å². The molecule has 1 saturated carbocycles. The van der Waals surface area contributed by atoms with Crippen molar-refractivity contribution in [1.29, 1.82) is 0 Å². The number of hydrogen-bond acceptors (Lipinski definition) is 2. The molecule has 12 heavy (non-hydrogen) atoms. The van der Waals surface area contributed by atoms with E-state index in [2.05, 4.69) is 50.2 Å². The molecule has 0 bridgehead atoms. The molecule has 0 aliphatic heterocycles. The summed E-state index contributed by atoms with van der Waals surface area (Å²) in [4.78, 5) is 4.17. The van der Waals surface area contributed by atoms with Gasteiger partial charge in [-0.1, -0.05) is 0 Å². The maximum Gasteiger partial charge on any atom is 0.137 e. The minimum absolute atomic E-state index is 0.469. The Labute approximate surface area is 98.4 Å². The zero-order valence-corrected chi connectivity index (χ0v) is 10.6. The number of aromatic nitrogens is 1.